The van der Waals surface area contributed by atoms with Gasteiger partial charge in [0.25, 0.3) is 0 Å². The fourth-order valence-electron chi connectivity index (χ4n) is 7.65. The van der Waals surface area contributed by atoms with Gasteiger partial charge in [-0.15, -0.1) is 0 Å². The van der Waals surface area contributed by atoms with Crippen molar-refractivity contribution in [3.8, 4) is 0 Å². The van der Waals surface area contributed by atoms with Crippen molar-refractivity contribution in [2.75, 3.05) is 25.6 Å². The first-order valence-electron chi connectivity index (χ1n) is 13.5. The van der Waals surface area contributed by atoms with Crippen LogP contribution in [0.4, 0.5) is 13.2 Å². The molecule has 39 heavy (non-hydrogen) atoms. The van der Waals surface area contributed by atoms with Gasteiger partial charge in [-0.25, -0.2) is 13.2 Å². The number of alkyl halides is 3. The van der Waals surface area contributed by atoms with E-state index in [0.29, 0.717) is 43.4 Å². The number of hydrogen-bond acceptors (Lipinski definition) is 7. The highest BCUT2D eigenvalue weighted by atomic mass is 32.2. The summed E-state index contributed by atoms with van der Waals surface area (Å²) in [5.74, 6) is -1.12. The van der Waals surface area contributed by atoms with Gasteiger partial charge in [0.15, 0.2) is 25.4 Å². The van der Waals surface area contributed by atoms with E-state index in [4.69, 9.17) is 18.6 Å². The molecule has 4 unspecified atom stereocenters. The first-order valence-corrected chi connectivity index (χ1v) is 16.0. The fourth-order valence-corrected chi connectivity index (χ4v) is 8.87. The normalized spacial score (nSPS) is 42.7. The molecule has 222 valence electrons. The number of halogens is 3. The smallest absolute Gasteiger partial charge is 0.198 e. The SMILES string of the molecule is CCOP(CO[C@]1(C)[C@H](C)C[C@H]2C3C[C@H](F)C4=CC(=O)C=CC4(C)[C@@]3(F)C(O)CC21C)OCC.O=CSCF. The molecule has 3 fully saturated rings. The fraction of sp³-hybridized carbons (Fsp3) is 0.786. The zero-order chi connectivity index (χ0) is 29.2. The summed E-state index contributed by atoms with van der Waals surface area (Å²) in [6, 6.07) is -0.608. The van der Waals surface area contributed by atoms with Crippen LogP contribution in [0, 0.1) is 28.6 Å². The Bertz CT molecular complexity index is 964. The van der Waals surface area contributed by atoms with Crippen molar-refractivity contribution in [1.29, 1.82) is 0 Å². The number of aliphatic hydroxyl groups excluding tert-OH is 1. The molecule has 0 bridgehead atoms. The Labute approximate surface area is 235 Å². The predicted octanol–water partition coefficient (Wildman–Crippen LogP) is 6.51. The van der Waals surface area contributed by atoms with E-state index in [2.05, 4.69) is 13.8 Å². The lowest BCUT2D eigenvalue weighted by molar-refractivity contribution is -0.228. The minimum Gasteiger partial charge on any atom is -0.390 e. The van der Waals surface area contributed by atoms with Crippen LogP contribution < -0.4 is 0 Å². The second-order valence-electron chi connectivity index (χ2n) is 11.4. The van der Waals surface area contributed by atoms with Crippen LogP contribution in [0.5, 0.6) is 0 Å². The summed E-state index contributed by atoms with van der Waals surface area (Å²) in [5.41, 5.74) is -4.00. The Hall–Kier alpha value is -0.770. The summed E-state index contributed by atoms with van der Waals surface area (Å²) in [6.07, 6.45) is 2.44. The second kappa shape index (κ2) is 12.6. The largest absolute Gasteiger partial charge is 0.390 e. The molecule has 4 aliphatic rings. The lowest BCUT2D eigenvalue weighted by Crippen LogP contribution is -2.69. The molecule has 0 aromatic rings. The van der Waals surface area contributed by atoms with Crippen LogP contribution >= 0.6 is 20.1 Å². The molecule has 0 aliphatic heterocycles. The van der Waals surface area contributed by atoms with Gasteiger partial charge in [-0.05, 0) is 76.5 Å². The van der Waals surface area contributed by atoms with Crippen molar-refractivity contribution >= 4 is 31.5 Å². The van der Waals surface area contributed by atoms with E-state index in [9.17, 15) is 14.3 Å². The molecule has 0 amide bonds. The lowest BCUT2D eigenvalue weighted by atomic mass is 9.44. The maximum atomic E-state index is 17.2. The van der Waals surface area contributed by atoms with Crippen molar-refractivity contribution in [2.24, 2.45) is 28.6 Å². The molecule has 0 saturated heterocycles. The minimum absolute atomic E-state index is 0.0379. The van der Waals surface area contributed by atoms with Crippen molar-refractivity contribution in [2.45, 2.75) is 84.4 Å². The number of ketones is 1. The maximum Gasteiger partial charge on any atom is 0.198 e. The van der Waals surface area contributed by atoms with Crippen molar-refractivity contribution < 1.29 is 41.7 Å². The zero-order valence-electron chi connectivity index (χ0n) is 23.6. The van der Waals surface area contributed by atoms with E-state index in [1.165, 1.54) is 18.2 Å². The molecule has 0 heterocycles. The molecule has 0 aromatic heterocycles. The Morgan fingerprint density at radius 1 is 1.18 bits per heavy atom. The summed E-state index contributed by atoms with van der Waals surface area (Å²) in [7, 11) is -1.21. The van der Waals surface area contributed by atoms with Crippen LogP contribution in [0.2, 0.25) is 0 Å². The third-order valence-corrected chi connectivity index (χ3v) is 11.5. The quantitative estimate of drug-likeness (QED) is 0.241. The number of thioether (sulfide) groups is 1. The highest BCUT2D eigenvalue weighted by molar-refractivity contribution is 8.11. The number of allylic oxidation sites excluding steroid dienone is 4. The lowest BCUT2D eigenvalue weighted by Gasteiger charge is -2.63. The summed E-state index contributed by atoms with van der Waals surface area (Å²) in [5, 5.41) is 11.5. The van der Waals surface area contributed by atoms with Gasteiger partial charge in [0.05, 0.1) is 24.9 Å². The highest BCUT2D eigenvalue weighted by Crippen LogP contribution is 2.71. The van der Waals surface area contributed by atoms with Crippen LogP contribution in [0.3, 0.4) is 0 Å². The van der Waals surface area contributed by atoms with Gasteiger partial charge in [-0.3, -0.25) is 9.59 Å². The number of aliphatic hydroxyl groups is 1. The molecular formula is C28H42F3O6PS. The van der Waals surface area contributed by atoms with Crippen molar-refractivity contribution in [3.05, 3.63) is 23.8 Å². The van der Waals surface area contributed by atoms with Crippen LogP contribution in [-0.2, 0) is 23.4 Å². The molecule has 6 nitrogen and oxygen atoms in total. The number of carbonyl (C=O) groups is 2. The first-order chi connectivity index (χ1) is 18.3. The molecule has 9 atom stereocenters. The van der Waals surface area contributed by atoms with E-state index >= 15 is 8.78 Å². The van der Waals surface area contributed by atoms with E-state index in [1.807, 2.05) is 20.8 Å². The van der Waals surface area contributed by atoms with E-state index in [0.717, 1.165) is 0 Å². The first kappa shape index (κ1) is 32.7. The molecule has 0 radical (unpaired) electrons. The van der Waals surface area contributed by atoms with Gasteiger partial charge < -0.3 is 18.9 Å². The summed E-state index contributed by atoms with van der Waals surface area (Å²) in [6.45, 7) is 12.7. The van der Waals surface area contributed by atoms with Gasteiger partial charge in [-0.1, -0.05) is 31.7 Å². The number of ether oxygens (including phenoxy) is 1. The summed E-state index contributed by atoms with van der Waals surface area (Å²) < 4.78 is 61.5. The van der Waals surface area contributed by atoms with Crippen LogP contribution in [0.15, 0.2) is 23.8 Å². The highest BCUT2D eigenvalue weighted by Gasteiger charge is 2.75. The average Bonchev–Trinajstić information content (AvgIpc) is 3.07. The standard InChI is InChI=1S/C26H39F2O5P.C2H3FOS/c1-7-32-34(33-8-2)15-31-25(6)16(3)11-18-19-13-21(27)20-12-17(29)9-10-23(20,4)26(19,28)22(30)14-24(18,25)5;3-1-5-2-4/h9-10,12,16,18-19,21-22,30H,7-8,11,13-15H2,1-6H3;2H,1H2/t16-,18+,19?,21+,22?,23?,24?,25-,26+;/m1./s1. The summed E-state index contributed by atoms with van der Waals surface area (Å²) >= 11 is 0.616. The molecule has 0 spiro atoms. The monoisotopic (exact) mass is 594 g/mol. The third kappa shape index (κ3) is 5.43. The van der Waals surface area contributed by atoms with E-state index in [-0.39, 0.29) is 36.0 Å². The van der Waals surface area contributed by atoms with Crippen LogP contribution in [-0.4, -0.2) is 65.6 Å². The number of hydrogen-bond donors (Lipinski definition) is 1. The Kier molecular flexibility index (Phi) is 10.6. The molecule has 3 saturated carbocycles. The molecule has 0 aromatic carbocycles. The number of fused-ring (bicyclic) bond motifs is 5. The zero-order valence-corrected chi connectivity index (χ0v) is 25.3. The van der Waals surface area contributed by atoms with Crippen LogP contribution in [0.1, 0.15) is 60.8 Å². The molecule has 11 heteroatoms. The molecule has 4 rings (SSSR count). The van der Waals surface area contributed by atoms with Gasteiger partial charge in [-0.2, -0.15) is 0 Å². The molecular weight excluding hydrogens is 552 g/mol. The minimum atomic E-state index is -2.06. The molecule has 4 aliphatic carbocycles. The Morgan fingerprint density at radius 3 is 2.36 bits per heavy atom. The topological polar surface area (TPSA) is 82.1 Å². The Balaban J connectivity index is 0.000000771. The van der Waals surface area contributed by atoms with E-state index < -0.39 is 54.7 Å². The maximum absolute atomic E-state index is 17.2. The average molecular weight is 595 g/mol. The third-order valence-electron chi connectivity index (χ3n) is 9.85. The summed E-state index contributed by atoms with van der Waals surface area (Å²) in [4.78, 5) is 21.1. The van der Waals surface area contributed by atoms with Gasteiger partial charge in [0.2, 0.25) is 0 Å². The predicted molar refractivity (Wildman–Crippen MR) is 148 cm³/mol. The van der Waals surface area contributed by atoms with Gasteiger partial charge >= 0.3 is 0 Å². The van der Waals surface area contributed by atoms with Crippen LogP contribution in [0.25, 0.3) is 0 Å². The van der Waals surface area contributed by atoms with Gasteiger partial charge in [0.1, 0.15) is 18.5 Å². The van der Waals surface area contributed by atoms with Crippen molar-refractivity contribution in [1.82, 2.24) is 0 Å². The van der Waals surface area contributed by atoms with E-state index in [1.54, 1.807) is 6.92 Å². The number of rotatable bonds is 9. The van der Waals surface area contributed by atoms with Gasteiger partial charge in [0, 0.05) is 16.7 Å². The number of carbonyl (C=O) groups excluding carboxylic acids is 2. The second-order valence-corrected chi connectivity index (χ2v) is 13.6. The Morgan fingerprint density at radius 2 is 1.82 bits per heavy atom. The molecule has 1 N–H and O–H groups in total. The van der Waals surface area contributed by atoms with Crippen molar-refractivity contribution in [3.63, 3.8) is 0 Å².